The van der Waals surface area contributed by atoms with Crippen LogP contribution in [-0.4, -0.2) is 34.4 Å². The van der Waals surface area contributed by atoms with Gasteiger partial charge in [-0.2, -0.15) is 0 Å². The third kappa shape index (κ3) is 4.75. The molecule has 0 saturated carbocycles. The molecule has 3 rings (SSSR count). The van der Waals surface area contributed by atoms with Crippen LogP contribution in [0.25, 0.3) is 5.69 Å². The number of carbonyl (C=O) groups is 1. The van der Waals surface area contributed by atoms with Gasteiger partial charge in [-0.3, -0.25) is 9.48 Å². The summed E-state index contributed by atoms with van der Waals surface area (Å²) in [5, 5.41) is 5.54. The summed E-state index contributed by atoms with van der Waals surface area (Å²) in [5.74, 6) is 0. The van der Waals surface area contributed by atoms with Crippen LogP contribution in [0.2, 0.25) is 0 Å². The number of nitrogens with zero attached hydrogens (tertiary/aromatic N) is 3. The molecule has 0 bridgehead atoms. The lowest BCUT2D eigenvalue weighted by molar-refractivity contribution is 0.251. The Labute approximate surface area is 170 Å². The van der Waals surface area contributed by atoms with Gasteiger partial charge in [0.25, 0.3) is 5.56 Å². The number of para-hydroxylation sites is 1. The van der Waals surface area contributed by atoms with E-state index in [2.05, 4.69) is 27.7 Å². The van der Waals surface area contributed by atoms with E-state index in [0.29, 0.717) is 12.2 Å². The largest absolute Gasteiger partial charge is 0.334 e. The van der Waals surface area contributed by atoms with Crippen molar-refractivity contribution in [3.63, 3.8) is 0 Å². The van der Waals surface area contributed by atoms with Crippen LogP contribution in [0.1, 0.15) is 16.8 Å². The minimum absolute atomic E-state index is 0.265. The average molecular weight is 393 g/mol. The maximum atomic E-state index is 12.9. The second-order valence-electron chi connectivity index (χ2n) is 7.30. The van der Waals surface area contributed by atoms with E-state index in [1.165, 1.54) is 10.2 Å². The van der Waals surface area contributed by atoms with Crippen LogP contribution in [0.15, 0.2) is 59.4 Å². The van der Waals surface area contributed by atoms with Crippen molar-refractivity contribution in [3.8, 4) is 5.69 Å². The standard InChI is InChI=1S/C22H27N5O2/c1-16-20(21(28)27(26(16)4)19-11-6-5-7-12-19)24-22(29)23-14-17-9-8-10-18(13-17)15-25(2)3/h5-13H,14-15H2,1-4H3,(H2,23,24,29). The highest BCUT2D eigenvalue weighted by atomic mass is 16.2. The second kappa shape index (κ2) is 8.79. The summed E-state index contributed by atoms with van der Waals surface area (Å²) >= 11 is 0. The van der Waals surface area contributed by atoms with Crippen molar-refractivity contribution in [1.29, 1.82) is 0 Å². The lowest BCUT2D eigenvalue weighted by Gasteiger charge is -2.11. The molecule has 0 fully saturated rings. The van der Waals surface area contributed by atoms with Crippen LogP contribution in [0.3, 0.4) is 0 Å². The Morgan fingerprint density at radius 2 is 1.72 bits per heavy atom. The van der Waals surface area contributed by atoms with Gasteiger partial charge in [-0.25, -0.2) is 9.48 Å². The lowest BCUT2D eigenvalue weighted by atomic mass is 10.1. The minimum Gasteiger partial charge on any atom is -0.334 e. The number of aromatic nitrogens is 2. The van der Waals surface area contributed by atoms with E-state index in [1.54, 1.807) is 18.7 Å². The molecule has 7 nitrogen and oxygen atoms in total. The van der Waals surface area contributed by atoms with Crippen molar-refractivity contribution in [2.45, 2.75) is 20.0 Å². The number of urea groups is 1. The number of rotatable bonds is 6. The molecule has 2 N–H and O–H groups in total. The van der Waals surface area contributed by atoms with Gasteiger partial charge < -0.3 is 15.5 Å². The van der Waals surface area contributed by atoms with E-state index in [-0.39, 0.29) is 11.2 Å². The number of hydrogen-bond acceptors (Lipinski definition) is 3. The van der Waals surface area contributed by atoms with Crippen LogP contribution in [0.4, 0.5) is 10.5 Å². The van der Waals surface area contributed by atoms with Crippen LogP contribution in [0, 0.1) is 6.92 Å². The molecule has 1 heterocycles. The Balaban J connectivity index is 1.71. The third-order valence-electron chi connectivity index (χ3n) is 4.74. The molecule has 0 aliphatic rings. The van der Waals surface area contributed by atoms with Gasteiger partial charge in [0.05, 0.1) is 11.4 Å². The van der Waals surface area contributed by atoms with Gasteiger partial charge >= 0.3 is 6.03 Å². The van der Waals surface area contributed by atoms with Crippen LogP contribution in [0.5, 0.6) is 0 Å². The number of hydrogen-bond donors (Lipinski definition) is 2. The van der Waals surface area contributed by atoms with Gasteiger partial charge in [-0.05, 0) is 44.3 Å². The first-order valence-electron chi connectivity index (χ1n) is 9.48. The van der Waals surface area contributed by atoms with E-state index in [9.17, 15) is 9.59 Å². The molecule has 0 radical (unpaired) electrons. The molecule has 0 spiro atoms. The lowest BCUT2D eigenvalue weighted by Crippen LogP contribution is -2.31. The van der Waals surface area contributed by atoms with E-state index in [1.807, 2.05) is 56.6 Å². The zero-order valence-electron chi connectivity index (χ0n) is 17.3. The molecule has 0 aliphatic carbocycles. The molecule has 0 aliphatic heterocycles. The minimum atomic E-state index is -0.408. The normalized spacial score (nSPS) is 10.9. The van der Waals surface area contributed by atoms with Gasteiger partial charge in [0.15, 0.2) is 0 Å². The number of amides is 2. The van der Waals surface area contributed by atoms with E-state index < -0.39 is 6.03 Å². The molecule has 2 amide bonds. The second-order valence-corrected chi connectivity index (χ2v) is 7.30. The number of benzene rings is 2. The molecular formula is C22H27N5O2. The summed E-state index contributed by atoms with van der Waals surface area (Å²) in [5.41, 5.74) is 3.62. The molecular weight excluding hydrogens is 366 g/mol. The highest BCUT2D eigenvalue weighted by molar-refractivity contribution is 5.89. The molecule has 1 aromatic heterocycles. The summed E-state index contributed by atoms with van der Waals surface area (Å²) < 4.78 is 3.27. The Morgan fingerprint density at radius 1 is 1.03 bits per heavy atom. The van der Waals surface area contributed by atoms with Crippen molar-refractivity contribution in [2.75, 3.05) is 19.4 Å². The summed E-state index contributed by atoms with van der Waals surface area (Å²) in [7, 11) is 5.83. The first-order valence-corrected chi connectivity index (χ1v) is 9.48. The molecule has 7 heteroatoms. The first kappa shape index (κ1) is 20.4. The number of anilines is 1. The molecule has 0 atom stereocenters. The van der Waals surface area contributed by atoms with E-state index in [4.69, 9.17) is 0 Å². The zero-order valence-corrected chi connectivity index (χ0v) is 17.3. The Hall–Kier alpha value is -3.32. The number of carbonyl (C=O) groups excluding carboxylic acids is 1. The predicted octanol–water partition coefficient (Wildman–Crippen LogP) is 2.87. The van der Waals surface area contributed by atoms with Gasteiger partial charge in [-0.15, -0.1) is 0 Å². The Bertz CT molecular complexity index is 1050. The maximum Gasteiger partial charge on any atom is 0.319 e. The molecule has 3 aromatic rings. The fourth-order valence-corrected chi connectivity index (χ4v) is 3.26. The molecule has 0 saturated heterocycles. The monoisotopic (exact) mass is 393 g/mol. The summed E-state index contributed by atoms with van der Waals surface area (Å²) in [4.78, 5) is 27.4. The molecule has 152 valence electrons. The van der Waals surface area contributed by atoms with Gasteiger partial charge in [0.1, 0.15) is 5.69 Å². The fraction of sp³-hybridized carbons (Fsp3) is 0.273. The van der Waals surface area contributed by atoms with Gasteiger partial charge in [-0.1, -0.05) is 42.5 Å². The van der Waals surface area contributed by atoms with Crippen LogP contribution in [-0.2, 0) is 20.1 Å². The smallest absolute Gasteiger partial charge is 0.319 e. The first-order chi connectivity index (χ1) is 13.9. The van der Waals surface area contributed by atoms with Crippen molar-refractivity contribution < 1.29 is 4.79 Å². The van der Waals surface area contributed by atoms with Crippen molar-refractivity contribution in [1.82, 2.24) is 19.6 Å². The summed E-state index contributed by atoms with van der Waals surface area (Å²) in [6.45, 7) is 3.02. The molecule has 2 aromatic carbocycles. The van der Waals surface area contributed by atoms with E-state index in [0.717, 1.165) is 17.8 Å². The maximum absolute atomic E-state index is 12.9. The van der Waals surface area contributed by atoms with Gasteiger partial charge in [0.2, 0.25) is 0 Å². The SMILES string of the molecule is Cc1c(NC(=O)NCc2cccc(CN(C)C)c2)c(=O)n(-c2ccccc2)n1C. The third-order valence-corrected chi connectivity index (χ3v) is 4.74. The summed E-state index contributed by atoms with van der Waals surface area (Å²) in [6.07, 6.45) is 0. The molecule has 29 heavy (non-hydrogen) atoms. The Morgan fingerprint density at radius 3 is 2.41 bits per heavy atom. The van der Waals surface area contributed by atoms with Crippen molar-refractivity contribution in [3.05, 3.63) is 81.8 Å². The van der Waals surface area contributed by atoms with Crippen LogP contribution >= 0.6 is 0 Å². The fourth-order valence-electron chi connectivity index (χ4n) is 3.26. The number of nitrogens with one attached hydrogen (secondary N) is 2. The summed E-state index contributed by atoms with van der Waals surface area (Å²) in [6, 6.07) is 17.0. The molecule has 0 unspecified atom stereocenters. The van der Waals surface area contributed by atoms with E-state index >= 15 is 0 Å². The van der Waals surface area contributed by atoms with Crippen molar-refractivity contribution >= 4 is 11.7 Å². The Kier molecular flexibility index (Phi) is 6.19. The average Bonchev–Trinajstić information content (AvgIpc) is 2.90. The highest BCUT2D eigenvalue weighted by Crippen LogP contribution is 2.14. The highest BCUT2D eigenvalue weighted by Gasteiger charge is 2.17. The van der Waals surface area contributed by atoms with Gasteiger partial charge in [0, 0.05) is 20.1 Å². The predicted molar refractivity (Wildman–Crippen MR) is 115 cm³/mol. The topological polar surface area (TPSA) is 71.3 Å². The quantitative estimate of drug-likeness (QED) is 0.677. The zero-order chi connectivity index (χ0) is 21.0. The van der Waals surface area contributed by atoms with Crippen molar-refractivity contribution in [2.24, 2.45) is 7.05 Å². The van der Waals surface area contributed by atoms with Crippen LogP contribution < -0.4 is 16.2 Å².